The van der Waals surface area contributed by atoms with Crippen molar-refractivity contribution >= 4 is 43.4 Å². The molecule has 148 valence electrons. The zero-order chi connectivity index (χ0) is 20.7. The molecule has 3 heterocycles. The van der Waals surface area contributed by atoms with Gasteiger partial charge in [0.25, 0.3) is 5.56 Å². The number of hydrogen-bond acceptors (Lipinski definition) is 6. The Labute approximate surface area is 171 Å². The molecule has 0 aliphatic carbocycles. The number of amides is 1. The average Bonchev–Trinajstić information content (AvgIpc) is 3.04. The highest BCUT2D eigenvalue weighted by Crippen LogP contribution is 2.32. The van der Waals surface area contributed by atoms with Crippen molar-refractivity contribution in [3.63, 3.8) is 0 Å². The molecule has 4 aromatic rings. The monoisotopic (exact) mass is 408 g/mol. The van der Waals surface area contributed by atoms with Gasteiger partial charge in [-0.1, -0.05) is 12.1 Å². The number of carbonyl (C=O) groups excluding carboxylic acids is 1. The van der Waals surface area contributed by atoms with E-state index in [9.17, 15) is 9.59 Å². The van der Waals surface area contributed by atoms with Crippen LogP contribution in [0.2, 0.25) is 0 Å². The highest BCUT2D eigenvalue weighted by molar-refractivity contribution is 7.25. The zero-order valence-electron chi connectivity index (χ0n) is 16.6. The minimum absolute atomic E-state index is 0.134. The molecule has 1 amide bonds. The van der Waals surface area contributed by atoms with Crippen LogP contribution in [0, 0.1) is 20.8 Å². The highest BCUT2D eigenvalue weighted by Gasteiger charge is 2.18. The molecule has 29 heavy (non-hydrogen) atoms. The number of anilines is 1. The second-order valence-electron chi connectivity index (χ2n) is 6.84. The number of benzene rings is 1. The first kappa shape index (κ1) is 19.1. The summed E-state index contributed by atoms with van der Waals surface area (Å²) < 4.78 is 7.16. The van der Waals surface area contributed by atoms with E-state index in [1.807, 2.05) is 26.0 Å². The third-order valence-corrected chi connectivity index (χ3v) is 5.81. The van der Waals surface area contributed by atoms with Crippen LogP contribution in [0.5, 0.6) is 5.75 Å². The summed E-state index contributed by atoms with van der Waals surface area (Å²) in [4.78, 5) is 35.7. The molecule has 0 bridgehead atoms. The Morgan fingerprint density at radius 3 is 2.72 bits per heavy atom. The van der Waals surface area contributed by atoms with Gasteiger partial charge in [0.05, 0.1) is 18.3 Å². The Morgan fingerprint density at radius 2 is 1.97 bits per heavy atom. The third kappa shape index (κ3) is 3.36. The normalized spacial score (nSPS) is 11.2. The molecule has 0 fully saturated rings. The molecule has 1 aromatic carbocycles. The van der Waals surface area contributed by atoms with E-state index in [1.54, 1.807) is 25.1 Å². The van der Waals surface area contributed by atoms with Crippen LogP contribution in [0.25, 0.3) is 20.4 Å². The number of thiophene rings is 1. The van der Waals surface area contributed by atoms with Gasteiger partial charge in [0.15, 0.2) is 0 Å². The number of aryl methyl sites for hydroxylation is 3. The quantitative estimate of drug-likeness (QED) is 0.558. The van der Waals surface area contributed by atoms with Crippen LogP contribution >= 0.6 is 11.3 Å². The number of nitrogens with one attached hydrogen (secondary N) is 1. The van der Waals surface area contributed by atoms with Crippen LogP contribution in [0.15, 0.2) is 35.1 Å². The summed E-state index contributed by atoms with van der Waals surface area (Å²) in [6, 6.07) is 9.11. The molecule has 0 saturated heterocycles. The van der Waals surface area contributed by atoms with E-state index in [-0.39, 0.29) is 18.0 Å². The number of rotatable bonds is 4. The minimum Gasteiger partial charge on any atom is -0.495 e. The second-order valence-corrected chi connectivity index (χ2v) is 7.84. The Hall–Kier alpha value is -3.26. The van der Waals surface area contributed by atoms with Gasteiger partial charge in [-0.3, -0.25) is 14.2 Å². The molecule has 4 rings (SSSR count). The molecule has 0 aliphatic heterocycles. The van der Waals surface area contributed by atoms with E-state index in [1.165, 1.54) is 23.0 Å². The molecule has 7 nitrogen and oxygen atoms in total. The zero-order valence-corrected chi connectivity index (χ0v) is 17.4. The lowest BCUT2D eigenvalue weighted by Crippen LogP contribution is -2.29. The topological polar surface area (TPSA) is 86.1 Å². The number of fused-ring (bicyclic) bond motifs is 3. The molecule has 0 saturated carbocycles. The second kappa shape index (κ2) is 7.29. The van der Waals surface area contributed by atoms with Crippen LogP contribution in [0.3, 0.4) is 0 Å². The van der Waals surface area contributed by atoms with Crippen molar-refractivity contribution in [1.29, 1.82) is 0 Å². The Morgan fingerprint density at radius 1 is 1.21 bits per heavy atom. The molecule has 0 aliphatic rings. The largest absolute Gasteiger partial charge is 0.495 e. The van der Waals surface area contributed by atoms with Gasteiger partial charge in [0.2, 0.25) is 5.91 Å². The van der Waals surface area contributed by atoms with Crippen molar-refractivity contribution in [3.8, 4) is 5.75 Å². The van der Waals surface area contributed by atoms with Gasteiger partial charge >= 0.3 is 0 Å². The van der Waals surface area contributed by atoms with Crippen molar-refractivity contribution in [2.75, 3.05) is 12.4 Å². The van der Waals surface area contributed by atoms with Crippen LogP contribution in [-0.2, 0) is 11.3 Å². The predicted molar refractivity (Wildman–Crippen MR) is 115 cm³/mol. The van der Waals surface area contributed by atoms with Crippen molar-refractivity contribution in [2.24, 2.45) is 0 Å². The summed E-state index contributed by atoms with van der Waals surface area (Å²) in [5.41, 5.74) is 2.91. The highest BCUT2D eigenvalue weighted by atomic mass is 32.1. The minimum atomic E-state index is -0.327. The smallest absolute Gasteiger partial charge is 0.272 e. The van der Waals surface area contributed by atoms with Gasteiger partial charge in [-0.25, -0.2) is 9.97 Å². The summed E-state index contributed by atoms with van der Waals surface area (Å²) in [5.74, 6) is 0.712. The number of methoxy groups -OCH3 is 1. The first-order valence-electron chi connectivity index (χ1n) is 9.09. The van der Waals surface area contributed by atoms with Crippen LogP contribution in [-0.4, -0.2) is 27.6 Å². The van der Waals surface area contributed by atoms with E-state index in [0.29, 0.717) is 27.5 Å². The maximum absolute atomic E-state index is 13.1. The molecule has 0 unspecified atom stereocenters. The summed E-state index contributed by atoms with van der Waals surface area (Å²) in [6.07, 6.45) is 0. The average molecular weight is 408 g/mol. The SMILES string of the molecule is COc1ccccc1NC(=O)Cn1c(C)nc2c(sc3nc(C)cc(C)c32)c1=O. The Kier molecular flexibility index (Phi) is 4.79. The summed E-state index contributed by atoms with van der Waals surface area (Å²) >= 11 is 1.32. The molecule has 0 atom stereocenters. The maximum Gasteiger partial charge on any atom is 0.272 e. The van der Waals surface area contributed by atoms with Gasteiger partial charge in [0, 0.05) is 11.1 Å². The van der Waals surface area contributed by atoms with Gasteiger partial charge in [-0.15, -0.1) is 11.3 Å². The lowest BCUT2D eigenvalue weighted by Gasteiger charge is -2.12. The number of pyridine rings is 1. The first-order chi connectivity index (χ1) is 13.9. The van der Waals surface area contributed by atoms with Crippen LogP contribution < -0.4 is 15.6 Å². The summed E-state index contributed by atoms with van der Waals surface area (Å²) in [6.45, 7) is 5.52. The molecule has 8 heteroatoms. The van der Waals surface area contributed by atoms with Crippen molar-refractivity contribution in [1.82, 2.24) is 14.5 Å². The lowest BCUT2D eigenvalue weighted by molar-refractivity contribution is -0.116. The Balaban J connectivity index is 1.74. The Bertz CT molecular complexity index is 1320. The van der Waals surface area contributed by atoms with E-state index < -0.39 is 0 Å². The maximum atomic E-state index is 13.1. The van der Waals surface area contributed by atoms with E-state index in [2.05, 4.69) is 15.3 Å². The molecule has 1 N–H and O–H groups in total. The van der Waals surface area contributed by atoms with Crippen molar-refractivity contribution < 1.29 is 9.53 Å². The number of aromatic nitrogens is 3. The van der Waals surface area contributed by atoms with E-state index >= 15 is 0 Å². The number of hydrogen-bond donors (Lipinski definition) is 1. The van der Waals surface area contributed by atoms with Crippen LogP contribution in [0.4, 0.5) is 5.69 Å². The van der Waals surface area contributed by atoms with Gasteiger partial charge in [0.1, 0.15) is 27.6 Å². The molecular formula is C21H20N4O3S. The number of nitrogens with zero attached hydrogens (tertiary/aromatic N) is 3. The van der Waals surface area contributed by atoms with Crippen molar-refractivity contribution in [2.45, 2.75) is 27.3 Å². The fraction of sp³-hybridized carbons (Fsp3) is 0.238. The van der Waals surface area contributed by atoms with Gasteiger partial charge in [-0.2, -0.15) is 0 Å². The van der Waals surface area contributed by atoms with E-state index in [4.69, 9.17) is 4.74 Å². The fourth-order valence-electron chi connectivity index (χ4n) is 3.43. The molecule has 0 spiro atoms. The van der Waals surface area contributed by atoms with Crippen molar-refractivity contribution in [3.05, 3.63) is 57.8 Å². The molecule has 3 aromatic heterocycles. The van der Waals surface area contributed by atoms with E-state index in [0.717, 1.165) is 21.5 Å². The standard InChI is InChI=1S/C21H20N4O3S/c1-11-9-12(2)22-20-17(11)18-19(29-20)21(27)25(13(3)23-18)10-16(26)24-14-7-5-6-8-15(14)28-4/h5-9H,10H2,1-4H3,(H,24,26). The summed E-state index contributed by atoms with van der Waals surface area (Å²) in [5, 5.41) is 3.70. The fourth-order valence-corrected chi connectivity index (χ4v) is 4.62. The lowest BCUT2D eigenvalue weighted by atomic mass is 10.1. The van der Waals surface area contributed by atoms with Crippen LogP contribution in [0.1, 0.15) is 17.1 Å². The third-order valence-electron chi connectivity index (χ3n) is 4.75. The molecule has 0 radical (unpaired) electrons. The number of carbonyl (C=O) groups is 1. The molecular weight excluding hydrogens is 388 g/mol. The van der Waals surface area contributed by atoms with Gasteiger partial charge < -0.3 is 10.1 Å². The predicted octanol–water partition coefficient (Wildman–Crippen LogP) is 3.58. The first-order valence-corrected chi connectivity index (χ1v) is 9.91. The van der Waals surface area contributed by atoms with Gasteiger partial charge in [-0.05, 0) is 44.5 Å². The number of para-hydroxylation sites is 2. The number of ether oxygens (including phenoxy) is 1. The summed E-state index contributed by atoms with van der Waals surface area (Å²) in [7, 11) is 1.54.